The van der Waals surface area contributed by atoms with Crippen molar-refractivity contribution in [3.8, 4) is 23.0 Å². The number of hydrogen-bond donors (Lipinski definition) is 1. The molecule has 5 nitrogen and oxygen atoms in total. The van der Waals surface area contributed by atoms with Crippen LogP contribution in [0.25, 0.3) is 0 Å². The summed E-state index contributed by atoms with van der Waals surface area (Å²) in [6.45, 7) is 8.84. The van der Waals surface area contributed by atoms with Gasteiger partial charge in [0.05, 0.1) is 12.3 Å². The summed E-state index contributed by atoms with van der Waals surface area (Å²) in [7, 11) is 0. The third-order valence-electron chi connectivity index (χ3n) is 5.93. The second kappa shape index (κ2) is 11.8. The molecule has 0 radical (unpaired) electrons. The van der Waals surface area contributed by atoms with Crippen LogP contribution in [0.5, 0.6) is 23.0 Å². The lowest BCUT2D eigenvalue weighted by molar-refractivity contribution is 0.102. The zero-order chi connectivity index (χ0) is 26.4. The monoisotopic (exact) mass is 515 g/mol. The summed E-state index contributed by atoms with van der Waals surface area (Å²) in [5.41, 5.74) is 5.10. The number of anilines is 1. The van der Waals surface area contributed by atoms with E-state index in [4.69, 9.17) is 25.8 Å². The third-order valence-corrected chi connectivity index (χ3v) is 6.17. The number of benzene rings is 4. The summed E-state index contributed by atoms with van der Waals surface area (Å²) >= 11 is 6.22. The number of carbonyl (C=O) groups excluding carboxylic acids is 1. The highest BCUT2D eigenvalue weighted by Gasteiger charge is 2.15. The maximum Gasteiger partial charge on any atom is 0.255 e. The van der Waals surface area contributed by atoms with Gasteiger partial charge >= 0.3 is 0 Å². The van der Waals surface area contributed by atoms with Crippen LogP contribution < -0.4 is 19.5 Å². The van der Waals surface area contributed by atoms with Gasteiger partial charge < -0.3 is 19.5 Å². The Morgan fingerprint density at radius 1 is 0.838 bits per heavy atom. The van der Waals surface area contributed by atoms with E-state index in [1.165, 1.54) is 5.56 Å². The first kappa shape index (κ1) is 26.1. The van der Waals surface area contributed by atoms with Crippen molar-refractivity contribution in [2.24, 2.45) is 0 Å². The lowest BCUT2D eigenvalue weighted by Gasteiger charge is -2.16. The number of nitrogens with one attached hydrogen (secondary N) is 1. The van der Waals surface area contributed by atoms with Crippen LogP contribution in [0.4, 0.5) is 5.69 Å². The molecule has 0 atom stereocenters. The first-order valence-corrected chi connectivity index (χ1v) is 12.5. The summed E-state index contributed by atoms with van der Waals surface area (Å²) in [6, 6.07) is 23.9. The second-order valence-corrected chi connectivity index (χ2v) is 9.20. The molecule has 0 fully saturated rings. The number of para-hydroxylation sites is 1. The topological polar surface area (TPSA) is 56.8 Å². The van der Waals surface area contributed by atoms with E-state index in [9.17, 15) is 4.79 Å². The molecule has 0 aromatic heterocycles. The number of carbonyl (C=O) groups is 1. The SMILES string of the molecule is CCOc1ccc(C(=O)Nc2cc(Cl)ccc2Oc2ccccc2)cc1COc1cc(C)cc(C)c1C. The Bertz CT molecular complexity index is 1400. The fourth-order valence-corrected chi connectivity index (χ4v) is 4.11. The summed E-state index contributed by atoms with van der Waals surface area (Å²) in [5.74, 6) is 2.34. The van der Waals surface area contributed by atoms with Crippen LogP contribution in [0.2, 0.25) is 5.02 Å². The Kier molecular flexibility index (Phi) is 8.36. The Labute approximate surface area is 223 Å². The first-order valence-electron chi connectivity index (χ1n) is 12.1. The molecule has 190 valence electrons. The van der Waals surface area contributed by atoms with Gasteiger partial charge in [0.25, 0.3) is 5.91 Å². The average molecular weight is 516 g/mol. The van der Waals surface area contributed by atoms with E-state index in [0.717, 1.165) is 22.4 Å². The molecular weight excluding hydrogens is 486 g/mol. The molecule has 0 unspecified atom stereocenters. The molecule has 0 heterocycles. The average Bonchev–Trinajstić information content (AvgIpc) is 2.88. The highest BCUT2D eigenvalue weighted by Crippen LogP contribution is 2.33. The maximum absolute atomic E-state index is 13.3. The van der Waals surface area contributed by atoms with Crippen LogP contribution >= 0.6 is 11.6 Å². The van der Waals surface area contributed by atoms with E-state index in [1.807, 2.05) is 57.2 Å². The molecule has 1 amide bonds. The van der Waals surface area contributed by atoms with Crippen molar-refractivity contribution in [3.05, 3.63) is 112 Å². The number of aryl methyl sites for hydroxylation is 2. The van der Waals surface area contributed by atoms with E-state index < -0.39 is 0 Å². The zero-order valence-electron chi connectivity index (χ0n) is 21.4. The highest BCUT2D eigenvalue weighted by molar-refractivity contribution is 6.31. The molecule has 1 N–H and O–H groups in total. The maximum atomic E-state index is 13.3. The Hall–Kier alpha value is -3.96. The van der Waals surface area contributed by atoms with Crippen molar-refractivity contribution in [1.29, 1.82) is 0 Å². The number of halogens is 1. The Balaban J connectivity index is 1.57. The lowest BCUT2D eigenvalue weighted by atomic mass is 10.1. The van der Waals surface area contributed by atoms with Gasteiger partial charge in [-0.1, -0.05) is 35.9 Å². The van der Waals surface area contributed by atoms with Crippen molar-refractivity contribution in [2.45, 2.75) is 34.3 Å². The molecule has 0 bridgehead atoms. The van der Waals surface area contributed by atoms with Gasteiger partial charge in [0, 0.05) is 16.1 Å². The van der Waals surface area contributed by atoms with Gasteiger partial charge in [-0.2, -0.15) is 0 Å². The van der Waals surface area contributed by atoms with E-state index in [-0.39, 0.29) is 12.5 Å². The van der Waals surface area contributed by atoms with Crippen LogP contribution in [-0.2, 0) is 6.61 Å². The minimum absolute atomic E-state index is 0.264. The molecule has 0 spiro atoms. The summed E-state index contributed by atoms with van der Waals surface area (Å²) < 4.78 is 18.0. The number of hydrogen-bond acceptors (Lipinski definition) is 4. The van der Waals surface area contributed by atoms with Gasteiger partial charge in [0.15, 0.2) is 5.75 Å². The molecule has 4 rings (SSSR count). The molecule has 6 heteroatoms. The van der Waals surface area contributed by atoms with Crippen molar-refractivity contribution < 1.29 is 19.0 Å². The molecule has 0 aliphatic heterocycles. The minimum Gasteiger partial charge on any atom is -0.493 e. The molecule has 0 saturated carbocycles. The largest absolute Gasteiger partial charge is 0.493 e. The number of rotatable bonds is 9. The standard InChI is InChI=1S/C31H30ClNO4/c1-5-35-28-13-11-23(17-24(28)19-36-30-16-20(2)15-21(3)22(30)4)31(34)33-27-18-25(32)12-14-29(27)37-26-9-7-6-8-10-26/h6-18H,5,19H2,1-4H3,(H,33,34). The summed E-state index contributed by atoms with van der Waals surface area (Å²) in [4.78, 5) is 13.3. The van der Waals surface area contributed by atoms with Crippen LogP contribution in [0.3, 0.4) is 0 Å². The molecule has 4 aromatic carbocycles. The fraction of sp³-hybridized carbons (Fsp3) is 0.194. The Morgan fingerprint density at radius 3 is 2.35 bits per heavy atom. The predicted octanol–water partition coefficient (Wildman–Crippen LogP) is 8.29. The quantitative estimate of drug-likeness (QED) is 0.243. The van der Waals surface area contributed by atoms with E-state index in [1.54, 1.807) is 36.4 Å². The molecule has 37 heavy (non-hydrogen) atoms. The predicted molar refractivity (Wildman–Crippen MR) is 149 cm³/mol. The molecule has 0 aliphatic carbocycles. The van der Waals surface area contributed by atoms with E-state index in [0.29, 0.717) is 40.1 Å². The van der Waals surface area contributed by atoms with Gasteiger partial charge in [-0.15, -0.1) is 0 Å². The van der Waals surface area contributed by atoms with Gasteiger partial charge in [-0.3, -0.25) is 4.79 Å². The molecular formula is C31H30ClNO4. The normalized spacial score (nSPS) is 10.6. The van der Waals surface area contributed by atoms with Crippen molar-refractivity contribution in [1.82, 2.24) is 0 Å². The zero-order valence-corrected chi connectivity index (χ0v) is 22.2. The highest BCUT2D eigenvalue weighted by atomic mass is 35.5. The fourth-order valence-electron chi connectivity index (χ4n) is 3.93. The minimum atomic E-state index is -0.299. The van der Waals surface area contributed by atoms with Crippen LogP contribution in [0.15, 0.2) is 78.9 Å². The van der Waals surface area contributed by atoms with Gasteiger partial charge in [0.2, 0.25) is 0 Å². The van der Waals surface area contributed by atoms with Crippen LogP contribution in [0.1, 0.15) is 39.5 Å². The van der Waals surface area contributed by atoms with E-state index in [2.05, 4.69) is 18.3 Å². The van der Waals surface area contributed by atoms with Crippen molar-refractivity contribution in [2.75, 3.05) is 11.9 Å². The van der Waals surface area contributed by atoms with Crippen LogP contribution in [0, 0.1) is 20.8 Å². The number of amides is 1. The molecule has 4 aromatic rings. The third kappa shape index (κ3) is 6.63. The number of ether oxygens (including phenoxy) is 3. The smallest absolute Gasteiger partial charge is 0.255 e. The van der Waals surface area contributed by atoms with E-state index >= 15 is 0 Å². The van der Waals surface area contributed by atoms with Gasteiger partial charge in [-0.25, -0.2) is 0 Å². The second-order valence-electron chi connectivity index (χ2n) is 8.76. The van der Waals surface area contributed by atoms with Crippen molar-refractivity contribution >= 4 is 23.2 Å². The van der Waals surface area contributed by atoms with Crippen molar-refractivity contribution in [3.63, 3.8) is 0 Å². The Morgan fingerprint density at radius 2 is 1.59 bits per heavy atom. The summed E-state index contributed by atoms with van der Waals surface area (Å²) in [5, 5.41) is 3.42. The first-order chi connectivity index (χ1) is 17.8. The summed E-state index contributed by atoms with van der Waals surface area (Å²) in [6.07, 6.45) is 0. The van der Waals surface area contributed by atoms with Gasteiger partial charge in [-0.05, 0) is 99.0 Å². The molecule has 0 saturated heterocycles. The lowest BCUT2D eigenvalue weighted by Crippen LogP contribution is -2.14. The van der Waals surface area contributed by atoms with Gasteiger partial charge in [0.1, 0.15) is 23.9 Å². The molecule has 0 aliphatic rings. The van der Waals surface area contributed by atoms with Crippen LogP contribution in [-0.4, -0.2) is 12.5 Å².